The minimum absolute atomic E-state index is 0.109. The fourth-order valence-electron chi connectivity index (χ4n) is 4.54. The third kappa shape index (κ3) is 5.47. The first-order valence-electron chi connectivity index (χ1n) is 12.6. The van der Waals surface area contributed by atoms with Gasteiger partial charge in [0.05, 0.1) is 18.0 Å². The van der Waals surface area contributed by atoms with Crippen molar-refractivity contribution in [1.29, 1.82) is 0 Å². The molecule has 7 heteroatoms. The van der Waals surface area contributed by atoms with Crippen LogP contribution >= 0.6 is 0 Å². The van der Waals surface area contributed by atoms with Crippen molar-refractivity contribution in [2.24, 2.45) is 10.2 Å². The van der Waals surface area contributed by atoms with Crippen molar-refractivity contribution in [3.8, 4) is 22.6 Å². The molecule has 1 saturated heterocycles. The first kappa shape index (κ1) is 24.5. The van der Waals surface area contributed by atoms with Crippen molar-refractivity contribution in [3.63, 3.8) is 0 Å². The van der Waals surface area contributed by atoms with Crippen molar-refractivity contribution in [2.75, 3.05) is 44.7 Å². The smallest absolute Gasteiger partial charge is 0.257 e. The van der Waals surface area contributed by atoms with E-state index in [9.17, 15) is 4.79 Å². The highest BCUT2D eigenvalue weighted by atomic mass is 16.5. The molecule has 3 aromatic carbocycles. The molecule has 0 radical (unpaired) electrons. The van der Waals surface area contributed by atoms with E-state index in [0.29, 0.717) is 12.3 Å². The second-order valence-electron chi connectivity index (χ2n) is 9.02. The number of piperazine rings is 1. The molecule has 0 spiro atoms. The Balaban J connectivity index is 1.75. The number of anilines is 1. The molecular formula is C30H31N5O2. The summed E-state index contributed by atoms with van der Waals surface area (Å²) in [6, 6.07) is 28.9. The molecule has 0 saturated carbocycles. The summed E-state index contributed by atoms with van der Waals surface area (Å²) in [5, 5.41) is 9.40. The SMILES string of the molecule is CCOc1ccc(-c2cc(=O)n(-c3ccccc3)c(N3CCN(C)CC3)c2N=Nc2ccccc2)cc1. The average molecular weight is 494 g/mol. The highest BCUT2D eigenvalue weighted by Gasteiger charge is 2.25. The number of rotatable bonds is 7. The predicted octanol–water partition coefficient (Wildman–Crippen LogP) is 6.07. The fourth-order valence-corrected chi connectivity index (χ4v) is 4.54. The molecule has 2 heterocycles. The maximum absolute atomic E-state index is 13.8. The van der Waals surface area contributed by atoms with Crippen LogP contribution in [0, 0.1) is 0 Å². The van der Waals surface area contributed by atoms with Crippen LogP contribution in [0.4, 0.5) is 17.2 Å². The lowest BCUT2D eigenvalue weighted by Gasteiger charge is -2.36. The molecule has 5 rings (SSSR count). The van der Waals surface area contributed by atoms with Crippen LogP contribution in [0.25, 0.3) is 16.8 Å². The van der Waals surface area contributed by atoms with E-state index in [4.69, 9.17) is 9.85 Å². The highest BCUT2D eigenvalue weighted by molar-refractivity contribution is 5.84. The van der Waals surface area contributed by atoms with Crippen molar-refractivity contribution >= 4 is 17.2 Å². The third-order valence-corrected chi connectivity index (χ3v) is 6.48. The zero-order valence-corrected chi connectivity index (χ0v) is 21.2. The first-order valence-corrected chi connectivity index (χ1v) is 12.6. The summed E-state index contributed by atoms with van der Waals surface area (Å²) < 4.78 is 7.41. The van der Waals surface area contributed by atoms with Crippen molar-refractivity contribution < 1.29 is 4.74 Å². The van der Waals surface area contributed by atoms with Gasteiger partial charge in [-0.25, -0.2) is 0 Å². The van der Waals surface area contributed by atoms with Crippen molar-refractivity contribution in [1.82, 2.24) is 9.47 Å². The van der Waals surface area contributed by atoms with Crippen LogP contribution in [0.15, 0.2) is 106 Å². The average Bonchev–Trinajstić information content (AvgIpc) is 2.94. The van der Waals surface area contributed by atoms with E-state index < -0.39 is 0 Å². The Morgan fingerprint density at radius 3 is 2.11 bits per heavy atom. The van der Waals surface area contributed by atoms with E-state index in [1.165, 1.54) is 0 Å². The number of pyridine rings is 1. The second kappa shape index (κ2) is 11.2. The van der Waals surface area contributed by atoms with Gasteiger partial charge in [-0.3, -0.25) is 9.36 Å². The van der Waals surface area contributed by atoms with Crippen LogP contribution in [0.1, 0.15) is 6.92 Å². The van der Waals surface area contributed by atoms with Gasteiger partial charge in [0.15, 0.2) is 0 Å². The predicted molar refractivity (Wildman–Crippen MR) is 149 cm³/mol. The zero-order chi connectivity index (χ0) is 25.6. The van der Waals surface area contributed by atoms with Crippen LogP contribution in [0.2, 0.25) is 0 Å². The van der Waals surface area contributed by atoms with Gasteiger partial charge in [0.1, 0.15) is 17.3 Å². The maximum Gasteiger partial charge on any atom is 0.257 e. The molecule has 0 amide bonds. The summed E-state index contributed by atoms with van der Waals surface area (Å²) in [5.74, 6) is 1.55. The van der Waals surface area contributed by atoms with Gasteiger partial charge in [-0.15, -0.1) is 5.11 Å². The number of aromatic nitrogens is 1. The van der Waals surface area contributed by atoms with E-state index in [0.717, 1.165) is 60.2 Å². The Bertz CT molecular complexity index is 1410. The van der Waals surface area contributed by atoms with Crippen LogP contribution in [-0.4, -0.2) is 49.3 Å². The molecule has 4 aromatic rings. The maximum atomic E-state index is 13.8. The number of para-hydroxylation sites is 1. The fraction of sp³-hybridized carbons (Fsp3) is 0.233. The number of benzene rings is 3. The summed E-state index contributed by atoms with van der Waals surface area (Å²) in [5.41, 5.74) is 3.74. The lowest BCUT2D eigenvalue weighted by molar-refractivity contribution is 0.311. The lowest BCUT2D eigenvalue weighted by atomic mass is 10.0. The van der Waals surface area contributed by atoms with E-state index in [1.54, 1.807) is 10.6 Å². The number of ether oxygens (including phenoxy) is 1. The molecule has 0 aliphatic carbocycles. The topological polar surface area (TPSA) is 62.4 Å². The number of azo groups is 1. The lowest BCUT2D eigenvalue weighted by Crippen LogP contribution is -2.46. The minimum atomic E-state index is -0.109. The van der Waals surface area contributed by atoms with Crippen LogP contribution in [-0.2, 0) is 0 Å². The molecule has 0 atom stereocenters. The summed E-state index contributed by atoms with van der Waals surface area (Å²) in [7, 11) is 2.12. The van der Waals surface area contributed by atoms with Crippen LogP contribution in [0.3, 0.4) is 0 Å². The van der Waals surface area contributed by atoms with Gasteiger partial charge < -0.3 is 14.5 Å². The van der Waals surface area contributed by atoms with Gasteiger partial charge in [0, 0.05) is 37.8 Å². The Kier molecular flexibility index (Phi) is 7.42. The van der Waals surface area contributed by atoms with E-state index in [1.807, 2.05) is 91.9 Å². The third-order valence-electron chi connectivity index (χ3n) is 6.48. The standard InChI is InChI=1S/C30H31N5O2/c1-3-37-26-16-14-23(15-17-26)27-22-28(36)35(25-12-8-5-9-13-25)30(34-20-18-33(2)19-21-34)29(27)32-31-24-10-6-4-7-11-24/h4-17,22H,3,18-21H2,1-2H3. The molecule has 37 heavy (non-hydrogen) atoms. The minimum Gasteiger partial charge on any atom is -0.494 e. The summed E-state index contributed by atoms with van der Waals surface area (Å²) in [6.07, 6.45) is 0. The molecule has 7 nitrogen and oxygen atoms in total. The van der Waals surface area contributed by atoms with E-state index in [-0.39, 0.29) is 5.56 Å². The Labute approximate surface area is 217 Å². The summed E-state index contributed by atoms with van der Waals surface area (Å²) in [6.45, 7) is 5.90. The van der Waals surface area contributed by atoms with Crippen molar-refractivity contribution in [3.05, 3.63) is 101 Å². The molecule has 0 unspecified atom stereocenters. The molecule has 0 N–H and O–H groups in total. The largest absolute Gasteiger partial charge is 0.494 e. The number of hydrogen-bond acceptors (Lipinski definition) is 6. The normalized spacial score (nSPS) is 14.3. The Hall–Kier alpha value is -4.23. The van der Waals surface area contributed by atoms with Gasteiger partial charge in [0.2, 0.25) is 0 Å². The van der Waals surface area contributed by atoms with Gasteiger partial charge in [-0.1, -0.05) is 48.5 Å². The van der Waals surface area contributed by atoms with Crippen LogP contribution < -0.4 is 15.2 Å². The van der Waals surface area contributed by atoms with Crippen LogP contribution in [0.5, 0.6) is 5.75 Å². The molecule has 1 aliphatic rings. The first-order chi connectivity index (χ1) is 18.1. The number of nitrogens with zero attached hydrogens (tertiary/aromatic N) is 5. The zero-order valence-electron chi connectivity index (χ0n) is 21.2. The summed E-state index contributed by atoms with van der Waals surface area (Å²) in [4.78, 5) is 18.3. The Morgan fingerprint density at radius 2 is 1.46 bits per heavy atom. The molecular weight excluding hydrogens is 462 g/mol. The monoisotopic (exact) mass is 493 g/mol. The molecule has 188 valence electrons. The second-order valence-corrected chi connectivity index (χ2v) is 9.02. The molecule has 1 aliphatic heterocycles. The van der Waals surface area contributed by atoms with Gasteiger partial charge in [0.25, 0.3) is 5.56 Å². The summed E-state index contributed by atoms with van der Waals surface area (Å²) >= 11 is 0. The number of hydrogen-bond donors (Lipinski definition) is 0. The molecule has 1 aromatic heterocycles. The van der Waals surface area contributed by atoms with Crippen molar-refractivity contribution in [2.45, 2.75) is 6.92 Å². The quantitative estimate of drug-likeness (QED) is 0.293. The van der Waals surface area contributed by atoms with E-state index in [2.05, 4.69) is 22.0 Å². The van der Waals surface area contributed by atoms with Gasteiger partial charge in [-0.2, -0.15) is 5.11 Å². The highest BCUT2D eigenvalue weighted by Crippen LogP contribution is 2.40. The van der Waals surface area contributed by atoms with E-state index >= 15 is 0 Å². The number of likely N-dealkylation sites (N-methyl/N-ethyl adjacent to an activating group) is 1. The molecule has 0 bridgehead atoms. The molecule has 1 fully saturated rings. The Morgan fingerprint density at radius 1 is 0.811 bits per heavy atom. The van der Waals surface area contributed by atoms with Gasteiger partial charge in [-0.05, 0) is 55.9 Å². The van der Waals surface area contributed by atoms with Gasteiger partial charge >= 0.3 is 0 Å².